The summed E-state index contributed by atoms with van der Waals surface area (Å²) in [5.74, 6) is -0.413. The average Bonchev–Trinajstić information content (AvgIpc) is 2.74. The van der Waals surface area contributed by atoms with E-state index in [4.69, 9.17) is 0 Å². The van der Waals surface area contributed by atoms with Gasteiger partial charge in [0, 0.05) is 11.6 Å². The lowest BCUT2D eigenvalue weighted by atomic mass is 9.88. The van der Waals surface area contributed by atoms with Gasteiger partial charge in [-0.15, -0.1) is 0 Å². The second kappa shape index (κ2) is 5.79. The quantitative estimate of drug-likeness (QED) is 0.859. The smallest absolute Gasteiger partial charge is 0.129 e. The molecule has 0 bridgehead atoms. The molecule has 0 saturated heterocycles. The molecule has 1 aromatic rings. The Kier molecular flexibility index (Phi) is 4.33. The third kappa shape index (κ3) is 2.89. The molecule has 1 saturated carbocycles. The highest BCUT2D eigenvalue weighted by atomic mass is 19.1. The van der Waals surface area contributed by atoms with E-state index >= 15 is 0 Å². The third-order valence-electron chi connectivity index (χ3n) is 3.82. The fourth-order valence-corrected chi connectivity index (χ4v) is 2.91. The Morgan fingerprint density at radius 1 is 1.22 bits per heavy atom. The summed E-state index contributed by atoms with van der Waals surface area (Å²) in [4.78, 5) is 0. The lowest BCUT2D eigenvalue weighted by Crippen LogP contribution is -2.30. The van der Waals surface area contributed by atoms with E-state index in [1.54, 1.807) is 0 Å². The molecule has 1 N–H and O–H groups in total. The first-order valence-corrected chi connectivity index (χ1v) is 6.77. The van der Waals surface area contributed by atoms with Gasteiger partial charge >= 0.3 is 0 Å². The fraction of sp³-hybridized carbons (Fsp3) is 0.600. The van der Waals surface area contributed by atoms with E-state index in [-0.39, 0.29) is 5.92 Å². The van der Waals surface area contributed by atoms with Crippen LogP contribution < -0.4 is 5.32 Å². The van der Waals surface area contributed by atoms with E-state index < -0.39 is 11.6 Å². The van der Waals surface area contributed by atoms with Crippen molar-refractivity contribution in [3.63, 3.8) is 0 Å². The van der Waals surface area contributed by atoms with Crippen molar-refractivity contribution in [3.05, 3.63) is 35.4 Å². The Morgan fingerprint density at radius 3 is 2.50 bits per heavy atom. The molecule has 2 atom stereocenters. The lowest BCUT2D eigenvalue weighted by molar-refractivity contribution is 0.402. The van der Waals surface area contributed by atoms with Gasteiger partial charge < -0.3 is 5.32 Å². The van der Waals surface area contributed by atoms with Gasteiger partial charge in [0.1, 0.15) is 11.6 Å². The Balaban J connectivity index is 2.16. The number of hydrogen-bond acceptors (Lipinski definition) is 1. The molecule has 2 rings (SSSR count). The maximum atomic E-state index is 13.8. The highest BCUT2D eigenvalue weighted by Crippen LogP contribution is 2.41. The highest BCUT2D eigenvalue weighted by molar-refractivity contribution is 5.25. The molecular weight excluding hydrogens is 232 g/mol. The van der Waals surface area contributed by atoms with Crippen LogP contribution in [0.4, 0.5) is 8.78 Å². The van der Waals surface area contributed by atoms with E-state index in [0.29, 0.717) is 17.5 Å². The predicted molar refractivity (Wildman–Crippen MR) is 69.6 cm³/mol. The SMILES string of the molecule is CC(C)NCC1CCCC1c1c(F)cccc1F. The van der Waals surface area contributed by atoms with Gasteiger partial charge in [-0.1, -0.05) is 26.3 Å². The van der Waals surface area contributed by atoms with Crippen LogP contribution in [0.15, 0.2) is 18.2 Å². The maximum Gasteiger partial charge on any atom is 0.129 e. The van der Waals surface area contributed by atoms with Crippen molar-refractivity contribution in [2.75, 3.05) is 6.54 Å². The van der Waals surface area contributed by atoms with Gasteiger partial charge in [-0.2, -0.15) is 0 Å². The normalized spacial score (nSPS) is 23.8. The van der Waals surface area contributed by atoms with Gasteiger partial charge in [-0.25, -0.2) is 8.78 Å². The summed E-state index contributed by atoms with van der Waals surface area (Å²) >= 11 is 0. The first-order valence-electron chi connectivity index (χ1n) is 6.77. The van der Waals surface area contributed by atoms with Crippen molar-refractivity contribution < 1.29 is 8.78 Å². The van der Waals surface area contributed by atoms with Crippen LogP contribution in [0.5, 0.6) is 0 Å². The van der Waals surface area contributed by atoms with E-state index in [1.807, 2.05) is 0 Å². The van der Waals surface area contributed by atoms with Crippen LogP contribution in [0.25, 0.3) is 0 Å². The van der Waals surface area contributed by atoms with Crippen LogP contribution in [-0.2, 0) is 0 Å². The average molecular weight is 253 g/mol. The zero-order valence-corrected chi connectivity index (χ0v) is 11.0. The van der Waals surface area contributed by atoms with Gasteiger partial charge in [0.2, 0.25) is 0 Å². The second-order valence-corrected chi connectivity index (χ2v) is 5.50. The first-order chi connectivity index (χ1) is 8.59. The molecule has 1 aromatic carbocycles. The fourth-order valence-electron chi connectivity index (χ4n) is 2.91. The molecule has 1 aliphatic carbocycles. The molecule has 0 amide bonds. The third-order valence-corrected chi connectivity index (χ3v) is 3.82. The Morgan fingerprint density at radius 2 is 1.89 bits per heavy atom. The topological polar surface area (TPSA) is 12.0 Å². The lowest BCUT2D eigenvalue weighted by Gasteiger charge is -2.22. The summed E-state index contributed by atoms with van der Waals surface area (Å²) in [6.07, 6.45) is 3.00. The van der Waals surface area contributed by atoms with E-state index in [1.165, 1.54) is 18.2 Å². The molecule has 0 aliphatic heterocycles. The van der Waals surface area contributed by atoms with Crippen molar-refractivity contribution >= 4 is 0 Å². The highest BCUT2D eigenvalue weighted by Gasteiger charge is 2.32. The summed E-state index contributed by atoms with van der Waals surface area (Å²) in [5.41, 5.74) is 0.297. The number of hydrogen-bond donors (Lipinski definition) is 1. The second-order valence-electron chi connectivity index (χ2n) is 5.50. The van der Waals surface area contributed by atoms with Crippen LogP contribution in [0.3, 0.4) is 0 Å². The molecule has 18 heavy (non-hydrogen) atoms. The van der Waals surface area contributed by atoms with E-state index in [0.717, 1.165) is 25.8 Å². The molecule has 0 spiro atoms. The summed E-state index contributed by atoms with van der Waals surface area (Å²) in [7, 11) is 0. The summed E-state index contributed by atoms with van der Waals surface area (Å²) < 4.78 is 27.6. The van der Waals surface area contributed by atoms with Gasteiger partial charge in [0.25, 0.3) is 0 Å². The number of benzene rings is 1. The first kappa shape index (κ1) is 13.5. The van der Waals surface area contributed by atoms with Crippen molar-refractivity contribution in [2.45, 2.75) is 45.1 Å². The molecule has 1 fully saturated rings. The van der Waals surface area contributed by atoms with Crippen LogP contribution in [-0.4, -0.2) is 12.6 Å². The zero-order chi connectivity index (χ0) is 13.1. The molecule has 0 heterocycles. The monoisotopic (exact) mass is 253 g/mol. The van der Waals surface area contributed by atoms with E-state index in [2.05, 4.69) is 19.2 Å². The van der Waals surface area contributed by atoms with E-state index in [9.17, 15) is 8.78 Å². The standard InChI is InChI=1S/C15H21F2N/c1-10(2)18-9-11-5-3-6-12(11)15-13(16)7-4-8-14(15)17/h4,7-8,10-12,18H,3,5-6,9H2,1-2H3. The summed E-state index contributed by atoms with van der Waals surface area (Å²) in [6.45, 7) is 5.03. The number of nitrogens with one attached hydrogen (secondary N) is 1. The number of rotatable bonds is 4. The van der Waals surface area contributed by atoms with Gasteiger partial charge in [-0.3, -0.25) is 0 Å². The molecule has 1 nitrogen and oxygen atoms in total. The van der Waals surface area contributed by atoms with Crippen LogP contribution >= 0.6 is 0 Å². The van der Waals surface area contributed by atoms with Gasteiger partial charge in [0.05, 0.1) is 0 Å². The van der Waals surface area contributed by atoms with Crippen molar-refractivity contribution in [1.82, 2.24) is 5.32 Å². The summed E-state index contributed by atoms with van der Waals surface area (Å²) in [6, 6.07) is 4.58. The molecule has 1 aliphatic rings. The molecule has 100 valence electrons. The molecule has 2 unspecified atom stereocenters. The zero-order valence-electron chi connectivity index (χ0n) is 11.0. The summed E-state index contributed by atoms with van der Waals surface area (Å²) in [5, 5.41) is 3.38. The minimum absolute atomic E-state index is 0.0254. The Bertz CT molecular complexity index is 383. The van der Waals surface area contributed by atoms with Crippen LogP contribution in [0.1, 0.15) is 44.6 Å². The maximum absolute atomic E-state index is 13.8. The Hall–Kier alpha value is -0.960. The van der Waals surface area contributed by atoms with Crippen molar-refractivity contribution in [2.24, 2.45) is 5.92 Å². The van der Waals surface area contributed by atoms with Crippen LogP contribution in [0, 0.1) is 17.6 Å². The number of halogens is 2. The predicted octanol–water partition coefficient (Wildman–Crippen LogP) is 3.85. The van der Waals surface area contributed by atoms with Crippen molar-refractivity contribution in [1.29, 1.82) is 0 Å². The minimum Gasteiger partial charge on any atom is -0.314 e. The van der Waals surface area contributed by atoms with Crippen LogP contribution in [0.2, 0.25) is 0 Å². The molecular formula is C15H21F2N. The Labute approximate surface area is 108 Å². The molecule has 3 heteroatoms. The minimum atomic E-state index is -0.392. The van der Waals surface area contributed by atoms with Gasteiger partial charge in [0.15, 0.2) is 0 Å². The van der Waals surface area contributed by atoms with Crippen molar-refractivity contribution in [3.8, 4) is 0 Å². The molecule has 0 aromatic heterocycles. The molecule has 0 radical (unpaired) electrons. The van der Waals surface area contributed by atoms with Gasteiger partial charge in [-0.05, 0) is 43.4 Å². The largest absolute Gasteiger partial charge is 0.314 e.